The number of unbranched alkanes of at least 4 members (excludes halogenated alkanes) is 6. The molecule has 1 aromatic rings. The predicted octanol–water partition coefficient (Wildman–Crippen LogP) is 4.91. The molecule has 1 N–H and O–H groups in total. The maximum atomic E-state index is 10.00. The summed E-state index contributed by atoms with van der Waals surface area (Å²) < 4.78 is 0. The van der Waals surface area contributed by atoms with Crippen LogP contribution in [0.3, 0.4) is 0 Å². The third-order valence-electron chi connectivity index (χ3n) is 3.18. The number of aliphatic hydroxyl groups excluding tert-OH is 1. The lowest BCUT2D eigenvalue weighted by Crippen LogP contribution is -2.01. The Balaban J connectivity index is 2.14. The molecule has 0 radical (unpaired) electrons. The second-order valence-electron chi connectivity index (χ2n) is 4.80. The van der Waals surface area contributed by atoms with E-state index in [4.69, 9.17) is 11.6 Å². The number of rotatable bonds is 9. The Labute approximate surface area is 115 Å². The summed E-state index contributed by atoms with van der Waals surface area (Å²) in [6.07, 6.45) is 10.7. The van der Waals surface area contributed by atoms with Crippen molar-refractivity contribution >= 4 is 11.6 Å². The molecule has 1 atom stereocenters. The number of pyridine rings is 1. The van der Waals surface area contributed by atoms with E-state index >= 15 is 0 Å². The molecule has 0 saturated heterocycles. The van der Waals surface area contributed by atoms with Gasteiger partial charge in [-0.1, -0.05) is 63.5 Å². The molecule has 0 aliphatic heterocycles. The minimum Gasteiger partial charge on any atom is -0.387 e. The summed E-state index contributed by atoms with van der Waals surface area (Å²) in [6, 6.07) is 3.56. The van der Waals surface area contributed by atoms with E-state index in [2.05, 4.69) is 11.9 Å². The zero-order chi connectivity index (χ0) is 13.2. The summed E-state index contributed by atoms with van der Waals surface area (Å²) in [7, 11) is 0. The van der Waals surface area contributed by atoms with Gasteiger partial charge in [0.1, 0.15) is 0 Å². The Morgan fingerprint density at radius 2 is 1.83 bits per heavy atom. The number of aliphatic hydroxyl groups is 1. The average molecular weight is 270 g/mol. The van der Waals surface area contributed by atoms with Crippen molar-refractivity contribution in [2.45, 2.75) is 64.4 Å². The van der Waals surface area contributed by atoms with Gasteiger partial charge in [0.2, 0.25) is 0 Å². The van der Waals surface area contributed by atoms with E-state index < -0.39 is 6.10 Å². The fourth-order valence-corrected chi connectivity index (χ4v) is 2.32. The van der Waals surface area contributed by atoms with Crippen molar-refractivity contribution in [3.8, 4) is 0 Å². The molecular formula is C15H24ClNO. The van der Waals surface area contributed by atoms with E-state index in [-0.39, 0.29) is 0 Å². The lowest BCUT2D eigenvalue weighted by molar-refractivity contribution is 0.159. The van der Waals surface area contributed by atoms with Crippen LogP contribution in [0.25, 0.3) is 0 Å². The topological polar surface area (TPSA) is 33.1 Å². The quantitative estimate of drug-likeness (QED) is 0.646. The first-order chi connectivity index (χ1) is 8.75. The molecule has 1 heterocycles. The molecule has 0 aliphatic rings. The Kier molecular flexibility index (Phi) is 8.03. The van der Waals surface area contributed by atoms with Crippen molar-refractivity contribution in [2.75, 3.05) is 0 Å². The van der Waals surface area contributed by atoms with E-state index in [1.807, 2.05) is 0 Å². The van der Waals surface area contributed by atoms with E-state index in [9.17, 15) is 5.11 Å². The van der Waals surface area contributed by atoms with Crippen LogP contribution < -0.4 is 0 Å². The minimum atomic E-state index is -0.519. The van der Waals surface area contributed by atoms with Crippen molar-refractivity contribution < 1.29 is 5.11 Å². The van der Waals surface area contributed by atoms with Crippen LogP contribution in [0.1, 0.15) is 70.1 Å². The minimum absolute atomic E-state index is 0.519. The third-order valence-corrected chi connectivity index (χ3v) is 3.50. The van der Waals surface area contributed by atoms with Crippen LogP contribution in [0.5, 0.6) is 0 Å². The number of hydrogen-bond donors (Lipinski definition) is 1. The predicted molar refractivity (Wildman–Crippen MR) is 76.8 cm³/mol. The van der Waals surface area contributed by atoms with Gasteiger partial charge >= 0.3 is 0 Å². The normalized spacial score (nSPS) is 12.6. The van der Waals surface area contributed by atoms with E-state index in [0.717, 1.165) is 12.8 Å². The van der Waals surface area contributed by atoms with Gasteiger partial charge < -0.3 is 5.11 Å². The average Bonchev–Trinajstić information content (AvgIpc) is 2.38. The molecule has 18 heavy (non-hydrogen) atoms. The molecule has 2 nitrogen and oxygen atoms in total. The fourth-order valence-electron chi connectivity index (χ4n) is 2.07. The van der Waals surface area contributed by atoms with Gasteiger partial charge in [0.25, 0.3) is 0 Å². The van der Waals surface area contributed by atoms with Crippen molar-refractivity contribution in [2.24, 2.45) is 0 Å². The Hall–Kier alpha value is -0.600. The van der Waals surface area contributed by atoms with Crippen molar-refractivity contribution in [1.82, 2.24) is 4.98 Å². The zero-order valence-electron chi connectivity index (χ0n) is 11.2. The molecule has 102 valence electrons. The van der Waals surface area contributed by atoms with Gasteiger partial charge in [-0.2, -0.15) is 0 Å². The standard InChI is InChI=1S/C15H24ClNO/c1-2-3-4-5-6-7-8-11-14(18)15-13(16)10-9-12-17-15/h9-10,12,14,18H,2-8,11H2,1H3. The molecule has 1 aromatic heterocycles. The SMILES string of the molecule is CCCCCCCCCC(O)c1ncccc1Cl. The van der Waals surface area contributed by atoms with Crippen LogP contribution in [0.15, 0.2) is 18.3 Å². The van der Waals surface area contributed by atoms with Crippen molar-refractivity contribution in [3.05, 3.63) is 29.0 Å². The van der Waals surface area contributed by atoms with Crippen LogP contribution in [0.2, 0.25) is 5.02 Å². The summed E-state index contributed by atoms with van der Waals surface area (Å²) in [5, 5.41) is 10.6. The molecule has 0 aliphatic carbocycles. The van der Waals surface area contributed by atoms with Gasteiger partial charge in [-0.25, -0.2) is 0 Å². The van der Waals surface area contributed by atoms with Crippen molar-refractivity contribution in [1.29, 1.82) is 0 Å². The number of hydrogen-bond acceptors (Lipinski definition) is 2. The second-order valence-corrected chi connectivity index (χ2v) is 5.20. The van der Waals surface area contributed by atoms with Crippen LogP contribution in [-0.4, -0.2) is 10.1 Å². The Morgan fingerprint density at radius 3 is 2.50 bits per heavy atom. The van der Waals surface area contributed by atoms with Crippen molar-refractivity contribution in [3.63, 3.8) is 0 Å². The van der Waals surface area contributed by atoms with E-state index in [0.29, 0.717) is 10.7 Å². The van der Waals surface area contributed by atoms with Gasteiger partial charge in [-0.15, -0.1) is 0 Å². The summed E-state index contributed by atoms with van der Waals surface area (Å²) in [5.74, 6) is 0. The van der Waals surface area contributed by atoms with Gasteiger partial charge in [0.15, 0.2) is 0 Å². The molecule has 1 rings (SSSR count). The number of aromatic nitrogens is 1. The summed E-state index contributed by atoms with van der Waals surface area (Å²) in [4.78, 5) is 4.14. The summed E-state index contributed by atoms with van der Waals surface area (Å²) in [5.41, 5.74) is 0.616. The smallest absolute Gasteiger partial charge is 0.0974 e. The highest BCUT2D eigenvalue weighted by Gasteiger charge is 2.11. The maximum Gasteiger partial charge on any atom is 0.0974 e. The molecule has 0 amide bonds. The first kappa shape index (κ1) is 15.5. The van der Waals surface area contributed by atoms with E-state index in [1.165, 1.54) is 38.5 Å². The third kappa shape index (κ3) is 5.83. The monoisotopic (exact) mass is 269 g/mol. The van der Waals surface area contributed by atoms with Gasteiger partial charge in [-0.05, 0) is 18.6 Å². The lowest BCUT2D eigenvalue weighted by Gasteiger charge is -2.11. The largest absolute Gasteiger partial charge is 0.387 e. The highest BCUT2D eigenvalue weighted by molar-refractivity contribution is 6.31. The highest BCUT2D eigenvalue weighted by Crippen LogP contribution is 2.24. The Morgan fingerprint density at radius 1 is 1.17 bits per heavy atom. The van der Waals surface area contributed by atoms with Crippen LogP contribution in [0.4, 0.5) is 0 Å². The second kappa shape index (κ2) is 9.35. The maximum absolute atomic E-state index is 10.00. The van der Waals surface area contributed by atoms with Gasteiger partial charge in [0, 0.05) is 6.20 Å². The molecule has 3 heteroatoms. The summed E-state index contributed by atoms with van der Waals surface area (Å²) in [6.45, 7) is 2.23. The molecule has 0 fully saturated rings. The number of nitrogens with zero attached hydrogens (tertiary/aromatic N) is 1. The Bertz CT molecular complexity index is 330. The molecule has 0 bridgehead atoms. The van der Waals surface area contributed by atoms with Crippen LogP contribution >= 0.6 is 11.6 Å². The number of halogens is 1. The highest BCUT2D eigenvalue weighted by atomic mass is 35.5. The first-order valence-electron chi connectivity index (χ1n) is 7.04. The lowest BCUT2D eigenvalue weighted by atomic mass is 10.0. The van der Waals surface area contributed by atoms with Gasteiger partial charge in [-0.3, -0.25) is 4.98 Å². The first-order valence-corrected chi connectivity index (χ1v) is 7.42. The molecule has 0 aromatic carbocycles. The molecule has 0 saturated carbocycles. The molecular weight excluding hydrogens is 246 g/mol. The fraction of sp³-hybridized carbons (Fsp3) is 0.667. The van der Waals surface area contributed by atoms with Crippen LogP contribution in [0, 0.1) is 0 Å². The van der Waals surface area contributed by atoms with Gasteiger partial charge in [0.05, 0.1) is 16.8 Å². The van der Waals surface area contributed by atoms with E-state index in [1.54, 1.807) is 18.3 Å². The van der Waals surface area contributed by atoms with Crippen LogP contribution in [-0.2, 0) is 0 Å². The molecule has 1 unspecified atom stereocenters. The summed E-state index contributed by atoms with van der Waals surface area (Å²) >= 11 is 5.99. The zero-order valence-corrected chi connectivity index (χ0v) is 12.0. The molecule has 0 spiro atoms.